The Balaban J connectivity index is 1.28. The number of amides is 1. The maximum atomic E-state index is 12.5. The molecule has 4 rings (SSSR count). The number of carbonyl (C=O) groups excluding carboxylic acids is 1. The molecular formula is C26H27N3O4. The van der Waals surface area contributed by atoms with Gasteiger partial charge in [0.05, 0.1) is 19.9 Å². The fourth-order valence-electron chi connectivity index (χ4n) is 3.59. The lowest BCUT2D eigenvalue weighted by Crippen LogP contribution is -2.25. The highest BCUT2D eigenvalue weighted by atomic mass is 16.5. The second-order valence-electron chi connectivity index (χ2n) is 7.66. The quantitative estimate of drug-likeness (QED) is 0.418. The van der Waals surface area contributed by atoms with Crippen LogP contribution in [0, 0.1) is 6.92 Å². The van der Waals surface area contributed by atoms with Crippen LogP contribution in [0.3, 0.4) is 0 Å². The second-order valence-corrected chi connectivity index (χ2v) is 7.66. The average molecular weight is 446 g/mol. The summed E-state index contributed by atoms with van der Waals surface area (Å²) in [5.74, 6) is 1.92. The van der Waals surface area contributed by atoms with Crippen molar-refractivity contribution in [3.63, 3.8) is 0 Å². The van der Waals surface area contributed by atoms with Gasteiger partial charge in [-0.3, -0.25) is 4.79 Å². The van der Waals surface area contributed by atoms with Crippen molar-refractivity contribution in [2.75, 3.05) is 20.8 Å². The number of benzene rings is 2. The first kappa shape index (κ1) is 22.2. The number of hydrogen-bond acceptors (Lipinski definition) is 5. The molecule has 1 N–H and O–H groups in total. The SMILES string of the molecule is COc1ccc(CCNC(=O)c2ccc(OCc3cn4cccc(C)c4n3)cc2)cc1OC. The van der Waals surface area contributed by atoms with Crippen LogP contribution in [0.15, 0.2) is 67.0 Å². The van der Waals surface area contributed by atoms with Gasteiger partial charge in [-0.05, 0) is 66.9 Å². The zero-order valence-corrected chi connectivity index (χ0v) is 19.0. The van der Waals surface area contributed by atoms with Gasteiger partial charge in [0.1, 0.15) is 18.0 Å². The van der Waals surface area contributed by atoms with Gasteiger partial charge in [-0.2, -0.15) is 0 Å². The monoisotopic (exact) mass is 445 g/mol. The molecular weight excluding hydrogens is 418 g/mol. The number of aryl methyl sites for hydroxylation is 1. The van der Waals surface area contributed by atoms with E-state index in [1.54, 1.807) is 38.5 Å². The minimum Gasteiger partial charge on any atom is -0.493 e. The molecule has 0 radical (unpaired) electrons. The number of nitrogens with one attached hydrogen (secondary N) is 1. The molecule has 0 saturated heterocycles. The van der Waals surface area contributed by atoms with E-state index in [0.717, 1.165) is 22.5 Å². The van der Waals surface area contributed by atoms with Crippen molar-refractivity contribution in [1.82, 2.24) is 14.7 Å². The standard InChI is InChI=1S/C26H27N3O4/c1-18-5-4-14-29-16-21(28-25(18)29)17-33-22-9-7-20(8-10-22)26(30)27-13-12-19-6-11-23(31-2)24(15-19)32-3/h4-11,14-16H,12-13,17H2,1-3H3,(H,27,30). The van der Waals surface area contributed by atoms with Crippen LogP contribution >= 0.6 is 0 Å². The molecule has 7 nitrogen and oxygen atoms in total. The van der Waals surface area contributed by atoms with Gasteiger partial charge in [-0.25, -0.2) is 4.98 Å². The third-order valence-corrected chi connectivity index (χ3v) is 5.38. The molecule has 2 aromatic heterocycles. The maximum Gasteiger partial charge on any atom is 0.251 e. The maximum absolute atomic E-state index is 12.5. The molecule has 0 atom stereocenters. The van der Waals surface area contributed by atoms with Gasteiger partial charge in [-0.1, -0.05) is 12.1 Å². The van der Waals surface area contributed by atoms with Crippen LogP contribution in [0.5, 0.6) is 17.2 Å². The first-order valence-electron chi connectivity index (χ1n) is 10.7. The largest absolute Gasteiger partial charge is 0.493 e. The number of fused-ring (bicyclic) bond motifs is 1. The number of pyridine rings is 1. The van der Waals surface area contributed by atoms with Crippen molar-refractivity contribution in [1.29, 1.82) is 0 Å². The van der Waals surface area contributed by atoms with E-state index in [1.807, 2.05) is 54.0 Å². The Morgan fingerprint density at radius 3 is 2.55 bits per heavy atom. The van der Waals surface area contributed by atoms with Crippen LogP contribution in [-0.4, -0.2) is 36.1 Å². The van der Waals surface area contributed by atoms with Crippen LogP contribution in [-0.2, 0) is 13.0 Å². The average Bonchev–Trinajstić information content (AvgIpc) is 3.27. The van der Waals surface area contributed by atoms with Gasteiger partial charge in [0.2, 0.25) is 0 Å². The molecule has 2 aromatic carbocycles. The first-order chi connectivity index (χ1) is 16.1. The van der Waals surface area contributed by atoms with E-state index in [2.05, 4.69) is 10.3 Å². The predicted octanol–water partition coefficient (Wildman–Crippen LogP) is 4.21. The number of imidazole rings is 1. The van der Waals surface area contributed by atoms with Gasteiger partial charge < -0.3 is 23.9 Å². The molecule has 0 bridgehead atoms. The molecule has 0 aliphatic rings. The molecule has 1 amide bonds. The van der Waals surface area contributed by atoms with Crippen molar-refractivity contribution in [2.24, 2.45) is 0 Å². The molecule has 2 heterocycles. The lowest BCUT2D eigenvalue weighted by Gasteiger charge is -2.10. The van der Waals surface area contributed by atoms with Crippen molar-refractivity contribution < 1.29 is 19.0 Å². The minimum absolute atomic E-state index is 0.127. The molecule has 7 heteroatoms. The summed E-state index contributed by atoms with van der Waals surface area (Å²) < 4.78 is 18.4. The lowest BCUT2D eigenvalue weighted by molar-refractivity contribution is 0.0954. The molecule has 33 heavy (non-hydrogen) atoms. The summed E-state index contributed by atoms with van der Waals surface area (Å²) in [6.07, 6.45) is 4.62. The summed E-state index contributed by atoms with van der Waals surface area (Å²) in [5.41, 5.74) is 4.53. The molecule has 0 spiro atoms. The second kappa shape index (κ2) is 10.1. The van der Waals surface area contributed by atoms with Crippen molar-refractivity contribution in [2.45, 2.75) is 20.0 Å². The van der Waals surface area contributed by atoms with E-state index < -0.39 is 0 Å². The highest BCUT2D eigenvalue weighted by molar-refractivity contribution is 5.94. The van der Waals surface area contributed by atoms with E-state index in [0.29, 0.717) is 42.4 Å². The summed E-state index contributed by atoms with van der Waals surface area (Å²) >= 11 is 0. The summed E-state index contributed by atoms with van der Waals surface area (Å²) in [6, 6.07) is 16.9. The van der Waals surface area contributed by atoms with Crippen molar-refractivity contribution in [3.05, 3.63) is 89.4 Å². The fourth-order valence-corrected chi connectivity index (χ4v) is 3.59. The van der Waals surface area contributed by atoms with Gasteiger partial charge in [0, 0.05) is 24.5 Å². The summed E-state index contributed by atoms with van der Waals surface area (Å²) in [5, 5.41) is 2.95. The van der Waals surface area contributed by atoms with Gasteiger partial charge in [-0.15, -0.1) is 0 Å². The van der Waals surface area contributed by atoms with E-state index in [-0.39, 0.29) is 5.91 Å². The van der Waals surface area contributed by atoms with Gasteiger partial charge in [0.15, 0.2) is 11.5 Å². The third kappa shape index (κ3) is 5.26. The minimum atomic E-state index is -0.127. The summed E-state index contributed by atoms with van der Waals surface area (Å²) in [4.78, 5) is 17.1. The van der Waals surface area contributed by atoms with E-state index in [9.17, 15) is 4.79 Å². The topological polar surface area (TPSA) is 74.1 Å². The van der Waals surface area contributed by atoms with Crippen LogP contribution in [0.1, 0.15) is 27.2 Å². The number of aromatic nitrogens is 2. The van der Waals surface area contributed by atoms with E-state index in [1.165, 1.54) is 0 Å². The normalized spacial score (nSPS) is 10.8. The van der Waals surface area contributed by atoms with Crippen LogP contribution in [0.25, 0.3) is 5.65 Å². The van der Waals surface area contributed by atoms with Crippen LogP contribution < -0.4 is 19.5 Å². The fraction of sp³-hybridized carbons (Fsp3) is 0.231. The number of nitrogens with zero attached hydrogens (tertiary/aromatic N) is 2. The Morgan fingerprint density at radius 1 is 1.03 bits per heavy atom. The number of rotatable bonds is 9. The molecule has 170 valence electrons. The Labute approximate surface area is 192 Å². The molecule has 0 aliphatic heterocycles. The van der Waals surface area contributed by atoms with Gasteiger partial charge in [0.25, 0.3) is 5.91 Å². The highest BCUT2D eigenvalue weighted by Gasteiger charge is 2.09. The number of methoxy groups -OCH3 is 2. The molecule has 0 aliphatic carbocycles. The Kier molecular flexibility index (Phi) is 6.78. The smallest absolute Gasteiger partial charge is 0.251 e. The Morgan fingerprint density at radius 2 is 1.82 bits per heavy atom. The Bertz CT molecular complexity index is 1250. The first-order valence-corrected chi connectivity index (χ1v) is 10.7. The highest BCUT2D eigenvalue weighted by Crippen LogP contribution is 2.27. The molecule has 4 aromatic rings. The number of ether oxygens (including phenoxy) is 3. The van der Waals surface area contributed by atoms with Crippen LogP contribution in [0.2, 0.25) is 0 Å². The van der Waals surface area contributed by atoms with Crippen molar-refractivity contribution in [3.8, 4) is 17.2 Å². The Hall–Kier alpha value is -4.00. The van der Waals surface area contributed by atoms with E-state index in [4.69, 9.17) is 14.2 Å². The third-order valence-electron chi connectivity index (χ3n) is 5.38. The van der Waals surface area contributed by atoms with Gasteiger partial charge >= 0.3 is 0 Å². The van der Waals surface area contributed by atoms with E-state index >= 15 is 0 Å². The summed E-state index contributed by atoms with van der Waals surface area (Å²) in [7, 11) is 3.21. The predicted molar refractivity (Wildman–Crippen MR) is 126 cm³/mol. The zero-order valence-electron chi connectivity index (χ0n) is 19.0. The summed E-state index contributed by atoms with van der Waals surface area (Å²) in [6.45, 7) is 2.91. The molecule has 0 unspecified atom stereocenters. The van der Waals surface area contributed by atoms with Crippen LogP contribution in [0.4, 0.5) is 0 Å². The lowest BCUT2D eigenvalue weighted by atomic mass is 10.1. The van der Waals surface area contributed by atoms with Crippen molar-refractivity contribution >= 4 is 11.6 Å². The number of carbonyl (C=O) groups is 1. The number of hydrogen-bond donors (Lipinski definition) is 1. The molecule has 0 fully saturated rings. The zero-order chi connectivity index (χ0) is 23.2. The molecule has 0 saturated carbocycles.